The van der Waals surface area contributed by atoms with Gasteiger partial charge in [-0.05, 0) is 83.2 Å². The summed E-state index contributed by atoms with van der Waals surface area (Å²) in [6.07, 6.45) is 3.05. The van der Waals surface area contributed by atoms with E-state index < -0.39 is 10.5 Å². The maximum absolute atomic E-state index is 6.53. The summed E-state index contributed by atoms with van der Waals surface area (Å²) in [6, 6.07) is 17.2. The first-order valence-corrected chi connectivity index (χ1v) is 14.8. The molecule has 2 saturated heterocycles. The van der Waals surface area contributed by atoms with Gasteiger partial charge in [-0.2, -0.15) is 11.8 Å². The van der Waals surface area contributed by atoms with E-state index >= 15 is 0 Å². The van der Waals surface area contributed by atoms with Gasteiger partial charge in [0.2, 0.25) is 0 Å². The van der Waals surface area contributed by atoms with E-state index in [4.69, 9.17) is 18.6 Å². The Morgan fingerprint density at radius 1 is 0.686 bits per heavy atom. The van der Waals surface area contributed by atoms with E-state index in [-0.39, 0.29) is 25.4 Å². The summed E-state index contributed by atoms with van der Waals surface area (Å²) < 4.78 is 25.4. The summed E-state index contributed by atoms with van der Waals surface area (Å²) in [4.78, 5) is -0.445. The van der Waals surface area contributed by atoms with Crippen molar-refractivity contribution in [1.82, 2.24) is 0 Å². The molecule has 8 heteroatoms. The SMILES string of the molecule is CSCc1ccc(B2OC(C)(C)C(C)(SCCc3cccc(B4OC(C)(C)C(C)(C)O4)c3)O2)cc1. The molecule has 2 heterocycles. The zero-order valence-corrected chi connectivity index (χ0v) is 24.0. The fraction of sp³-hybridized carbons (Fsp3) is 0.556. The maximum atomic E-state index is 6.53. The summed E-state index contributed by atoms with van der Waals surface area (Å²) in [5.74, 6) is 1.94. The lowest BCUT2D eigenvalue weighted by molar-refractivity contribution is 0.00578. The van der Waals surface area contributed by atoms with Gasteiger partial charge >= 0.3 is 14.2 Å². The van der Waals surface area contributed by atoms with Gasteiger partial charge in [-0.15, -0.1) is 11.8 Å². The Bertz CT molecular complexity index is 1010. The van der Waals surface area contributed by atoms with Crippen LogP contribution in [0.1, 0.15) is 59.6 Å². The van der Waals surface area contributed by atoms with Gasteiger partial charge in [-0.3, -0.25) is 0 Å². The van der Waals surface area contributed by atoms with Crippen LogP contribution in [0.3, 0.4) is 0 Å². The number of benzene rings is 2. The molecule has 35 heavy (non-hydrogen) atoms. The number of hydrogen-bond donors (Lipinski definition) is 0. The molecule has 0 aromatic heterocycles. The normalized spacial score (nSPS) is 24.8. The third-order valence-electron chi connectivity index (χ3n) is 7.63. The van der Waals surface area contributed by atoms with Gasteiger partial charge in [0.05, 0.1) is 16.8 Å². The van der Waals surface area contributed by atoms with Crippen molar-refractivity contribution in [2.24, 2.45) is 0 Å². The van der Waals surface area contributed by atoms with Crippen LogP contribution in [-0.2, 0) is 30.8 Å². The Morgan fingerprint density at radius 2 is 1.29 bits per heavy atom. The molecule has 2 aromatic carbocycles. The molecule has 4 rings (SSSR count). The van der Waals surface area contributed by atoms with Crippen LogP contribution in [-0.4, -0.2) is 48.0 Å². The molecule has 2 aliphatic rings. The van der Waals surface area contributed by atoms with Gasteiger partial charge in [-0.1, -0.05) is 48.5 Å². The topological polar surface area (TPSA) is 36.9 Å². The molecule has 2 fully saturated rings. The second-order valence-corrected chi connectivity index (χ2v) is 13.5. The Kier molecular flexibility index (Phi) is 7.84. The number of rotatable bonds is 8. The number of hydrogen-bond acceptors (Lipinski definition) is 6. The van der Waals surface area contributed by atoms with E-state index in [9.17, 15) is 0 Å². The van der Waals surface area contributed by atoms with E-state index in [2.05, 4.69) is 103 Å². The molecule has 0 aliphatic carbocycles. The largest absolute Gasteiger partial charge is 0.495 e. The van der Waals surface area contributed by atoms with Crippen molar-refractivity contribution in [1.29, 1.82) is 0 Å². The molecule has 2 aliphatic heterocycles. The predicted octanol–water partition coefficient (Wildman–Crippen LogP) is 5.06. The highest BCUT2D eigenvalue weighted by molar-refractivity contribution is 8.00. The molecule has 4 nitrogen and oxygen atoms in total. The first-order valence-electron chi connectivity index (χ1n) is 12.4. The summed E-state index contributed by atoms with van der Waals surface area (Å²) >= 11 is 3.65. The Balaban J connectivity index is 1.37. The highest BCUT2D eigenvalue weighted by Gasteiger charge is 2.55. The lowest BCUT2D eigenvalue weighted by Crippen LogP contribution is -2.42. The van der Waals surface area contributed by atoms with Crippen molar-refractivity contribution in [3.05, 3.63) is 59.7 Å². The molecule has 0 saturated carbocycles. The Morgan fingerprint density at radius 3 is 1.91 bits per heavy atom. The van der Waals surface area contributed by atoms with Crippen LogP contribution >= 0.6 is 23.5 Å². The smallest absolute Gasteiger partial charge is 0.399 e. The number of thioether (sulfide) groups is 2. The molecule has 0 bridgehead atoms. The summed E-state index contributed by atoms with van der Waals surface area (Å²) in [5.41, 5.74) is 3.64. The van der Waals surface area contributed by atoms with Crippen molar-refractivity contribution < 1.29 is 18.6 Å². The molecule has 2 aromatic rings. The zero-order chi connectivity index (χ0) is 25.5. The van der Waals surface area contributed by atoms with E-state index in [0.717, 1.165) is 28.9 Å². The average molecular weight is 512 g/mol. The molecule has 0 radical (unpaired) electrons. The van der Waals surface area contributed by atoms with Crippen LogP contribution in [0.4, 0.5) is 0 Å². The van der Waals surface area contributed by atoms with Gasteiger partial charge in [0, 0.05) is 11.5 Å². The van der Waals surface area contributed by atoms with Crippen LogP contribution in [0.5, 0.6) is 0 Å². The minimum absolute atomic E-state index is 0.335. The summed E-state index contributed by atoms with van der Waals surface area (Å²) in [5, 5.41) is 0. The average Bonchev–Trinajstić information content (AvgIpc) is 3.16. The molecular formula is C27H38B2O4S2. The van der Waals surface area contributed by atoms with Crippen molar-refractivity contribution >= 4 is 48.7 Å². The summed E-state index contributed by atoms with van der Waals surface area (Å²) in [7, 11) is -0.684. The highest BCUT2D eigenvalue weighted by Crippen LogP contribution is 2.45. The lowest BCUT2D eigenvalue weighted by Gasteiger charge is -2.35. The Labute approximate surface area is 220 Å². The van der Waals surface area contributed by atoms with E-state index in [1.54, 1.807) is 0 Å². The highest BCUT2D eigenvalue weighted by atomic mass is 32.2. The molecule has 0 spiro atoms. The van der Waals surface area contributed by atoms with Crippen molar-refractivity contribution in [2.45, 2.75) is 82.4 Å². The summed E-state index contributed by atoms with van der Waals surface area (Å²) in [6.45, 7) is 14.8. The fourth-order valence-electron chi connectivity index (χ4n) is 4.26. The molecular weight excluding hydrogens is 474 g/mol. The van der Waals surface area contributed by atoms with Crippen molar-refractivity contribution in [3.63, 3.8) is 0 Å². The number of aryl methyl sites for hydroxylation is 1. The second kappa shape index (κ2) is 10.1. The van der Waals surface area contributed by atoms with Crippen molar-refractivity contribution in [2.75, 3.05) is 12.0 Å². The van der Waals surface area contributed by atoms with Crippen LogP contribution in [0.2, 0.25) is 0 Å². The zero-order valence-electron chi connectivity index (χ0n) is 22.3. The molecule has 0 amide bonds. The molecule has 188 valence electrons. The minimum atomic E-state index is -0.445. The van der Waals surface area contributed by atoms with Crippen LogP contribution in [0.15, 0.2) is 48.5 Å². The quantitative estimate of drug-likeness (QED) is 0.461. The molecule has 0 N–H and O–H groups in total. The predicted molar refractivity (Wildman–Crippen MR) is 152 cm³/mol. The second-order valence-electron chi connectivity index (χ2n) is 11.1. The third-order valence-corrected chi connectivity index (χ3v) is 9.80. The van der Waals surface area contributed by atoms with Gasteiger partial charge < -0.3 is 18.6 Å². The lowest BCUT2D eigenvalue weighted by atomic mass is 9.78. The van der Waals surface area contributed by atoms with E-state index in [1.807, 2.05) is 23.5 Å². The molecule has 1 unspecified atom stereocenters. The minimum Gasteiger partial charge on any atom is -0.399 e. The van der Waals surface area contributed by atoms with Crippen molar-refractivity contribution in [3.8, 4) is 0 Å². The standard InChI is InChI=1S/C27H38B2O4S2/c1-24(2)25(3,4)31-29(30-24)23-11-9-10-20(18-23)16-17-35-27(7)26(5,6)32-28(33-27)22-14-12-21(13-15-22)19-34-8/h9-15,18H,16-17,19H2,1-8H3. The van der Waals surface area contributed by atoms with E-state index in [1.165, 1.54) is 11.1 Å². The Hall–Kier alpha value is -0.890. The van der Waals surface area contributed by atoms with Crippen LogP contribution in [0.25, 0.3) is 0 Å². The first kappa shape index (κ1) is 27.2. The first-order chi connectivity index (χ1) is 16.4. The van der Waals surface area contributed by atoms with Gasteiger partial charge in [0.25, 0.3) is 0 Å². The van der Waals surface area contributed by atoms with E-state index in [0.29, 0.717) is 0 Å². The monoisotopic (exact) mass is 512 g/mol. The fourth-order valence-corrected chi connectivity index (χ4v) is 6.07. The third kappa shape index (κ3) is 5.68. The molecule has 1 atom stereocenters. The van der Waals surface area contributed by atoms with Crippen LogP contribution in [0, 0.1) is 0 Å². The van der Waals surface area contributed by atoms with Gasteiger partial charge in [-0.25, -0.2) is 0 Å². The maximum Gasteiger partial charge on any atom is 0.495 e. The van der Waals surface area contributed by atoms with Gasteiger partial charge in [0.15, 0.2) is 0 Å². The van der Waals surface area contributed by atoms with Gasteiger partial charge in [0.1, 0.15) is 4.93 Å². The van der Waals surface area contributed by atoms with Crippen LogP contribution < -0.4 is 10.9 Å².